The highest BCUT2D eigenvalue weighted by Gasteiger charge is 2.33. The van der Waals surface area contributed by atoms with Gasteiger partial charge in [-0.1, -0.05) is 22.4 Å². The van der Waals surface area contributed by atoms with Crippen LogP contribution in [-0.4, -0.2) is 31.1 Å². The Bertz CT molecular complexity index is 443. The summed E-state index contributed by atoms with van der Waals surface area (Å²) in [5.74, 6) is 0. The first-order valence-corrected chi connectivity index (χ1v) is 7.59. The van der Waals surface area contributed by atoms with Crippen LogP contribution in [0.2, 0.25) is 0 Å². The van der Waals surface area contributed by atoms with Gasteiger partial charge in [0.05, 0.1) is 5.56 Å². The van der Waals surface area contributed by atoms with Crippen molar-refractivity contribution in [2.24, 2.45) is 0 Å². The summed E-state index contributed by atoms with van der Waals surface area (Å²) < 4.78 is 39.3. The first kappa shape index (κ1) is 15.6. The average Bonchev–Trinajstić information content (AvgIpc) is 2.40. The lowest BCUT2D eigenvalue weighted by Crippen LogP contribution is -2.33. The van der Waals surface area contributed by atoms with E-state index in [1.807, 2.05) is 0 Å². The number of rotatable bonds is 4. The van der Waals surface area contributed by atoms with Gasteiger partial charge in [0.1, 0.15) is 0 Å². The second kappa shape index (κ2) is 6.80. The van der Waals surface area contributed by atoms with Crippen LogP contribution >= 0.6 is 15.9 Å². The van der Waals surface area contributed by atoms with E-state index in [2.05, 4.69) is 26.1 Å². The monoisotopic (exact) mass is 350 g/mol. The minimum Gasteiger partial charge on any atom is -0.383 e. The Morgan fingerprint density at radius 3 is 2.50 bits per heavy atom. The van der Waals surface area contributed by atoms with Crippen LogP contribution in [0.15, 0.2) is 22.7 Å². The predicted molar refractivity (Wildman–Crippen MR) is 77.9 cm³/mol. The van der Waals surface area contributed by atoms with E-state index in [4.69, 9.17) is 0 Å². The molecule has 112 valence electrons. The number of hydrogen-bond acceptors (Lipinski definition) is 2. The second-order valence-electron chi connectivity index (χ2n) is 5.02. The number of benzene rings is 1. The Morgan fingerprint density at radius 1 is 1.15 bits per heavy atom. The van der Waals surface area contributed by atoms with Crippen molar-refractivity contribution in [1.82, 2.24) is 4.90 Å². The van der Waals surface area contributed by atoms with Crippen LogP contribution < -0.4 is 5.32 Å². The van der Waals surface area contributed by atoms with Gasteiger partial charge >= 0.3 is 6.18 Å². The zero-order valence-corrected chi connectivity index (χ0v) is 12.7. The molecule has 1 aromatic rings. The van der Waals surface area contributed by atoms with Gasteiger partial charge in [-0.2, -0.15) is 13.2 Å². The second-order valence-corrected chi connectivity index (χ2v) is 5.93. The van der Waals surface area contributed by atoms with Gasteiger partial charge in [-0.3, -0.25) is 0 Å². The van der Waals surface area contributed by atoms with Gasteiger partial charge in [0.15, 0.2) is 0 Å². The largest absolute Gasteiger partial charge is 0.418 e. The fourth-order valence-electron chi connectivity index (χ4n) is 2.44. The SMILES string of the molecule is FC(F)(F)c1cc(Br)ccc1NCCN1CCCCC1. The predicted octanol–water partition coefficient (Wildman–Crippen LogP) is 4.37. The number of anilines is 1. The number of nitrogens with zero attached hydrogens (tertiary/aromatic N) is 1. The zero-order chi connectivity index (χ0) is 14.6. The quantitative estimate of drug-likeness (QED) is 0.867. The number of alkyl halides is 3. The van der Waals surface area contributed by atoms with Crippen molar-refractivity contribution < 1.29 is 13.2 Å². The first-order chi connectivity index (χ1) is 9.47. The zero-order valence-electron chi connectivity index (χ0n) is 11.1. The summed E-state index contributed by atoms with van der Waals surface area (Å²) in [6.07, 6.45) is -0.704. The van der Waals surface area contributed by atoms with Crippen molar-refractivity contribution in [2.45, 2.75) is 25.4 Å². The van der Waals surface area contributed by atoms with E-state index in [1.54, 1.807) is 6.07 Å². The van der Waals surface area contributed by atoms with Gasteiger partial charge in [-0.05, 0) is 44.1 Å². The molecule has 1 aliphatic rings. The van der Waals surface area contributed by atoms with Crippen LogP contribution in [0.25, 0.3) is 0 Å². The summed E-state index contributed by atoms with van der Waals surface area (Å²) in [4.78, 5) is 2.29. The van der Waals surface area contributed by atoms with Crippen molar-refractivity contribution in [3.05, 3.63) is 28.2 Å². The standard InChI is InChI=1S/C14H18BrF3N2/c15-11-4-5-13(12(10-11)14(16,17)18)19-6-9-20-7-2-1-3-8-20/h4-5,10,19H,1-3,6-9H2. The fourth-order valence-corrected chi connectivity index (χ4v) is 2.80. The summed E-state index contributed by atoms with van der Waals surface area (Å²) in [5, 5.41) is 2.91. The summed E-state index contributed by atoms with van der Waals surface area (Å²) >= 11 is 3.08. The third-order valence-corrected chi connectivity index (χ3v) is 3.97. The Balaban J connectivity index is 1.95. The van der Waals surface area contributed by atoms with Crippen molar-refractivity contribution in [1.29, 1.82) is 0 Å². The summed E-state index contributed by atoms with van der Waals surface area (Å²) in [6.45, 7) is 3.42. The molecule has 6 heteroatoms. The maximum Gasteiger partial charge on any atom is 0.418 e. The Hall–Kier alpha value is -0.750. The third kappa shape index (κ3) is 4.38. The fraction of sp³-hybridized carbons (Fsp3) is 0.571. The van der Waals surface area contributed by atoms with Crippen LogP contribution in [-0.2, 0) is 6.18 Å². The van der Waals surface area contributed by atoms with E-state index in [0.29, 0.717) is 11.0 Å². The maximum absolute atomic E-state index is 12.9. The highest BCUT2D eigenvalue weighted by Crippen LogP contribution is 2.36. The van der Waals surface area contributed by atoms with Gasteiger partial charge in [-0.15, -0.1) is 0 Å². The van der Waals surface area contributed by atoms with Gasteiger partial charge in [-0.25, -0.2) is 0 Å². The molecule has 1 saturated heterocycles. The summed E-state index contributed by atoms with van der Waals surface area (Å²) in [6, 6.07) is 4.21. The average molecular weight is 351 g/mol. The molecule has 0 radical (unpaired) electrons. The Labute approximate surface area is 125 Å². The summed E-state index contributed by atoms with van der Waals surface area (Å²) in [5.41, 5.74) is -0.469. The molecule has 0 aromatic heterocycles. The molecule has 1 heterocycles. The molecule has 0 bridgehead atoms. The maximum atomic E-state index is 12.9. The molecule has 0 amide bonds. The smallest absolute Gasteiger partial charge is 0.383 e. The van der Waals surface area contributed by atoms with Crippen LogP contribution in [0.1, 0.15) is 24.8 Å². The molecular weight excluding hydrogens is 333 g/mol. The van der Waals surface area contributed by atoms with E-state index >= 15 is 0 Å². The number of likely N-dealkylation sites (tertiary alicyclic amines) is 1. The van der Waals surface area contributed by atoms with Crippen molar-refractivity contribution in [3.8, 4) is 0 Å². The molecule has 0 unspecified atom stereocenters. The highest BCUT2D eigenvalue weighted by molar-refractivity contribution is 9.10. The normalized spacial score (nSPS) is 17.2. The van der Waals surface area contributed by atoms with E-state index in [-0.39, 0.29) is 5.69 Å². The van der Waals surface area contributed by atoms with Gasteiger partial charge in [0.25, 0.3) is 0 Å². The highest BCUT2D eigenvalue weighted by atomic mass is 79.9. The van der Waals surface area contributed by atoms with Crippen LogP contribution in [0, 0.1) is 0 Å². The molecule has 1 N–H and O–H groups in total. The lowest BCUT2D eigenvalue weighted by Gasteiger charge is -2.26. The first-order valence-electron chi connectivity index (χ1n) is 6.80. The Kier molecular flexibility index (Phi) is 5.32. The molecule has 2 rings (SSSR count). The van der Waals surface area contributed by atoms with Crippen molar-refractivity contribution >= 4 is 21.6 Å². The lowest BCUT2D eigenvalue weighted by molar-refractivity contribution is -0.137. The van der Waals surface area contributed by atoms with Crippen molar-refractivity contribution in [2.75, 3.05) is 31.5 Å². The van der Waals surface area contributed by atoms with Crippen LogP contribution in [0.3, 0.4) is 0 Å². The number of piperidine rings is 1. The molecule has 1 aromatic carbocycles. The lowest BCUT2D eigenvalue weighted by atomic mass is 10.1. The van der Waals surface area contributed by atoms with Crippen molar-refractivity contribution in [3.63, 3.8) is 0 Å². The topological polar surface area (TPSA) is 15.3 Å². The molecule has 0 atom stereocenters. The number of halogens is 4. The van der Waals surface area contributed by atoms with Gasteiger partial charge < -0.3 is 10.2 Å². The molecule has 0 spiro atoms. The van der Waals surface area contributed by atoms with Gasteiger partial charge in [0, 0.05) is 23.2 Å². The van der Waals surface area contributed by atoms with E-state index in [0.717, 1.165) is 25.7 Å². The van der Waals surface area contributed by atoms with E-state index < -0.39 is 11.7 Å². The summed E-state index contributed by atoms with van der Waals surface area (Å²) in [7, 11) is 0. The third-order valence-electron chi connectivity index (χ3n) is 3.48. The van der Waals surface area contributed by atoms with E-state index in [1.165, 1.54) is 25.3 Å². The molecule has 0 aliphatic carbocycles. The minimum atomic E-state index is -4.34. The number of hydrogen-bond donors (Lipinski definition) is 1. The molecule has 0 saturated carbocycles. The molecule has 2 nitrogen and oxygen atoms in total. The van der Waals surface area contributed by atoms with Crippen LogP contribution in [0.4, 0.5) is 18.9 Å². The molecule has 1 fully saturated rings. The van der Waals surface area contributed by atoms with Gasteiger partial charge in [0.2, 0.25) is 0 Å². The van der Waals surface area contributed by atoms with Crippen LogP contribution in [0.5, 0.6) is 0 Å². The molecular formula is C14H18BrF3N2. The van der Waals surface area contributed by atoms with E-state index in [9.17, 15) is 13.2 Å². The number of nitrogens with one attached hydrogen (secondary N) is 1. The molecule has 1 aliphatic heterocycles. The Morgan fingerprint density at radius 2 is 1.85 bits per heavy atom. The minimum absolute atomic E-state index is 0.151. The molecule has 20 heavy (non-hydrogen) atoms.